The van der Waals surface area contributed by atoms with Crippen molar-refractivity contribution in [2.75, 3.05) is 6.61 Å². The third-order valence-electron chi connectivity index (χ3n) is 3.81. The Labute approximate surface area is 111 Å². The normalized spacial score (nSPS) is 13.7. The lowest BCUT2D eigenvalue weighted by Gasteiger charge is -2.21. The van der Waals surface area contributed by atoms with Gasteiger partial charge in [0.1, 0.15) is 5.75 Å². The van der Waals surface area contributed by atoms with Crippen molar-refractivity contribution in [1.82, 2.24) is 0 Å². The average molecular weight is 254 g/mol. The van der Waals surface area contributed by atoms with Gasteiger partial charge in [-0.15, -0.1) is 0 Å². The van der Waals surface area contributed by atoms with Crippen LogP contribution in [0.2, 0.25) is 0 Å². The fraction of sp³-hybridized carbons (Fsp3) is 0.176. The summed E-state index contributed by atoms with van der Waals surface area (Å²) in [5.41, 5.74) is 1.38. The van der Waals surface area contributed by atoms with Gasteiger partial charge in [0.2, 0.25) is 0 Å². The molecule has 0 radical (unpaired) electrons. The molecule has 0 amide bonds. The zero-order chi connectivity index (χ0) is 11.9. The van der Waals surface area contributed by atoms with E-state index in [1.807, 2.05) is 0 Å². The fourth-order valence-corrected chi connectivity index (χ4v) is 3.02. The summed E-state index contributed by atoms with van der Waals surface area (Å²) in [5.74, 6) is 1.11. The van der Waals surface area contributed by atoms with Crippen molar-refractivity contribution in [2.24, 2.45) is 0 Å². The van der Waals surface area contributed by atoms with Gasteiger partial charge in [0, 0.05) is 10.9 Å². The van der Waals surface area contributed by atoms with Gasteiger partial charge in [0.05, 0.1) is 6.61 Å². The van der Waals surface area contributed by atoms with Gasteiger partial charge in [0.25, 0.3) is 0 Å². The summed E-state index contributed by atoms with van der Waals surface area (Å²) in [6.07, 6.45) is 2.25. The molecule has 0 N–H and O–H groups in total. The minimum Gasteiger partial charge on any atom is -0.493 e. The zero-order valence-electron chi connectivity index (χ0n) is 10.6. The molecule has 0 saturated carbocycles. The molecule has 0 bridgehead atoms. The second kappa shape index (κ2) is 4.54. The molecule has 0 unspecified atom stereocenters. The van der Waals surface area contributed by atoms with Crippen molar-refractivity contribution in [1.29, 1.82) is 0 Å². The fourth-order valence-electron chi connectivity index (χ4n) is 3.02. The summed E-state index contributed by atoms with van der Waals surface area (Å²) in [6, 6.07) is 17.2. The molecule has 96 valence electrons. The summed E-state index contributed by atoms with van der Waals surface area (Å²) in [5, 5.41) is 5.25. The lowest BCUT2D eigenvalue weighted by Crippen LogP contribution is -2.09. The van der Waals surface area contributed by atoms with Gasteiger partial charge in [-0.2, -0.15) is 0 Å². The Morgan fingerprint density at radius 3 is 2.05 bits per heavy atom. The van der Waals surface area contributed by atoms with Gasteiger partial charge in [-0.1, -0.05) is 48.5 Å². The highest BCUT2D eigenvalue weighted by atomic mass is 19.0. The maximum atomic E-state index is 5.94. The maximum absolute atomic E-state index is 5.94. The van der Waals surface area contributed by atoms with E-state index in [0.29, 0.717) is 0 Å². The molecule has 0 aliphatic carbocycles. The Hall–Kier alpha value is -2.09. The van der Waals surface area contributed by atoms with Crippen LogP contribution < -0.4 is 4.74 Å². The molecule has 1 nitrogen and oxygen atoms in total. The monoisotopic (exact) mass is 254 g/mol. The zero-order valence-corrected chi connectivity index (χ0v) is 10.6. The topological polar surface area (TPSA) is 9.23 Å². The van der Waals surface area contributed by atoms with E-state index in [1.54, 1.807) is 0 Å². The first kappa shape index (κ1) is 12.0. The van der Waals surface area contributed by atoms with Crippen LogP contribution in [0, 0.1) is 0 Å². The predicted octanol–water partition coefficient (Wildman–Crippen LogP) is 4.47. The molecule has 4 rings (SSSR count). The van der Waals surface area contributed by atoms with Crippen LogP contribution in [-0.2, 0) is 6.42 Å². The Morgan fingerprint density at radius 2 is 1.32 bits per heavy atom. The summed E-state index contributed by atoms with van der Waals surface area (Å²) < 4.78 is 5.94. The van der Waals surface area contributed by atoms with Crippen molar-refractivity contribution in [2.45, 2.75) is 12.8 Å². The Bertz CT molecular complexity index is 684. The first-order valence-electron chi connectivity index (χ1n) is 6.50. The maximum Gasteiger partial charge on any atom is 0.130 e. The quantitative estimate of drug-likeness (QED) is 0.538. The molecular formula is C17H15FO. The number of hydrogen-bond donors (Lipinski definition) is 0. The molecule has 2 heteroatoms. The Morgan fingerprint density at radius 1 is 0.737 bits per heavy atom. The molecule has 0 spiro atoms. The van der Waals surface area contributed by atoms with E-state index in [-0.39, 0.29) is 4.70 Å². The van der Waals surface area contributed by atoms with E-state index in [1.165, 1.54) is 27.1 Å². The van der Waals surface area contributed by atoms with Crippen LogP contribution in [0.15, 0.2) is 48.5 Å². The molecule has 0 saturated heterocycles. The van der Waals surface area contributed by atoms with Gasteiger partial charge in [-0.25, -0.2) is 0 Å². The number of halogens is 1. The molecule has 0 fully saturated rings. The van der Waals surface area contributed by atoms with Crippen molar-refractivity contribution < 1.29 is 9.44 Å². The van der Waals surface area contributed by atoms with Crippen LogP contribution in [0.5, 0.6) is 5.75 Å². The lowest BCUT2D eigenvalue weighted by atomic mass is 9.92. The van der Waals surface area contributed by atoms with E-state index in [0.717, 1.165) is 25.2 Å². The standard InChI is InChI=1S/C17H14O.FH/c1-2-7-14-12(6-1)13-8-3-4-9-15(13)17-16(14)10-5-11-18-17;/h1-4,6-9H,5,10-11H2;1H. The molecule has 19 heavy (non-hydrogen) atoms. The van der Waals surface area contributed by atoms with Crippen LogP contribution in [0.3, 0.4) is 0 Å². The molecule has 3 aromatic carbocycles. The average Bonchev–Trinajstić information content (AvgIpc) is 2.48. The number of aryl methyl sites for hydroxylation is 1. The first-order chi connectivity index (χ1) is 8.95. The van der Waals surface area contributed by atoms with Crippen LogP contribution in [0.25, 0.3) is 21.5 Å². The summed E-state index contributed by atoms with van der Waals surface area (Å²) in [4.78, 5) is 0. The van der Waals surface area contributed by atoms with E-state index in [2.05, 4.69) is 48.5 Å². The molecule has 3 aromatic rings. The number of ether oxygens (including phenoxy) is 1. The van der Waals surface area contributed by atoms with Gasteiger partial charge in [-0.05, 0) is 29.0 Å². The molecule has 0 atom stereocenters. The minimum atomic E-state index is 0. The number of benzene rings is 3. The first-order valence-corrected chi connectivity index (χ1v) is 6.50. The highest BCUT2D eigenvalue weighted by molar-refractivity contribution is 6.12. The second-order valence-electron chi connectivity index (χ2n) is 4.85. The number of hydrogen-bond acceptors (Lipinski definition) is 1. The third kappa shape index (κ3) is 1.67. The minimum absolute atomic E-state index is 0. The highest BCUT2D eigenvalue weighted by Gasteiger charge is 2.17. The van der Waals surface area contributed by atoms with Gasteiger partial charge >= 0.3 is 0 Å². The third-order valence-corrected chi connectivity index (χ3v) is 3.81. The summed E-state index contributed by atoms with van der Waals surface area (Å²) in [6.45, 7) is 0.843. The largest absolute Gasteiger partial charge is 0.493 e. The van der Waals surface area contributed by atoms with Crippen molar-refractivity contribution in [3.05, 3.63) is 54.1 Å². The van der Waals surface area contributed by atoms with Crippen LogP contribution >= 0.6 is 0 Å². The van der Waals surface area contributed by atoms with Gasteiger partial charge < -0.3 is 4.74 Å². The van der Waals surface area contributed by atoms with Gasteiger partial charge in [0.15, 0.2) is 0 Å². The lowest BCUT2D eigenvalue weighted by molar-refractivity contribution is 0.293. The summed E-state index contributed by atoms with van der Waals surface area (Å²) >= 11 is 0. The van der Waals surface area contributed by atoms with E-state index < -0.39 is 0 Å². The van der Waals surface area contributed by atoms with E-state index in [9.17, 15) is 0 Å². The Kier molecular flexibility index (Phi) is 2.86. The Balaban J connectivity index is 0.00000110. The molecular weight excluding hydrogens is 239 g/mol. The van der Waals surface area contributed by atoms with Crippen LogP contribution in [0.4, 0.5) is 4.70 Å². The van der Waals surface area contributed by atoms with E-state index in [4.69, 9.17) is 4.74 Å². The van der Waals surface area contributed by atoms with Crippen LogP contribution in [0.1, 0.15) is 12.0 Å². The molecule has 1 heterocycles. The predicted molar refractivity (Wildman–Crippen MR) is 77.8 cm³/mol. The second-order valence-corrected chi connectivity index (χ2v) is 4.85. The number of rotatable bonds is 0. The molecule has 0 aromatic heterocycles. The molecule has 1 aliphatic rings. The van der Waals surface area contributed by atoms with Crippen molar-refractivity contribution in [3.8, 4) is 5.75 Å². The smallest absolute Gasteiger partial charge is 0.130 e. The SMILES string of the molecule is F.c1ccc2c(c1)c1c(c3ccccc32)OCCC1. The van der Waals surface area contributed by atoms with Crippen molar-refractivity contribution >= 4 is 21.5 Å². The van der Waals surface area contributed by atoms with E-state index >= 15 is 0 Å². The summed E-state index contributed by atoms with van der Waals surface area (Å²) in [7, 11) is 0. The molecule has 1 aliphatic heterocycles. The van der Waals surface area contributed by atoms with Crippen LogP contribution in [-0.4, -0.2) is 6.61 Å². The highest BCUT2D eigenvalue weighted by Crippen LogP contribution is 2.40. The van der Waals surface area contributed by atoms with Crippen molar-refractivity contribution in [3.63, 3.8) is 0 Å². The van der Waals surface area contributed by atoms with Gasteiger partial charge in [-0.3, -0.25) is 4.70 Å². The number of fused-ring (bicyclic) bond motifs is 6.